The molecule has 5 rings (SSSR count). The van der Waals surface area contributed by atoms with Gasteiger partial charge >= 0.3 is 0 Å². The Morgan fingerprint density at radius 3 is 2.84 bits per heavy atom. The molecule has 2 N–H and O–H groups in total. The fourth-order valence-electron chi connectivity index (χ4n) is 3.85. The highest BCUT2D eigenvalue weighted by Crippen LogP contribution is 2.36. The van der Waals surface area contributed by atoms with Crippen molar-refractivity contribution in [3.05, 3.63) is 76.1 Å². The molecule has 9 heteroatoms. The van der Waals surface area contributed by atoms with Crippen LogP contribution in [0.2, 0.25) is 0 Å². The van der Waals surface area contributed by atoms with Gasteiger partial charge in [0, 0.05) is 24.0 Å². The Bertz CT molecular complexity index is 1290. The van der Waals surface area contributed by atoms with Gasteiger partial charge < -0.3 is 19.4 Å². The Kier molecular flexibility index (Phi) is 4.67. The molecular weight excluding hydrogens is 462 g/mol. The summed E-state index contributed by atoms with van der Waals surface area (Å²) in [7, 11) is 0. The average Bonchev–Trinajstić information content (AvgIpc) is 3.38. The van der Waals surface area contributed by atoms with E-state index in [1.165, 1.54) is 0 Å². The van der Waals surface area contributed by atoms with Crippen molar-refractivity contribution in [1.82, 2.24) is 24.8 Å². The fraction of sp³-hybridized carbons (Fsp3) is 0.273. The Balaban J connectivity index is 1.60. The number of hydrogen-bond donors (Lipinski definition) is 2. The van der Waals surface area contributed by atoms with E-state index in [1.807, 2.05) is 36.4 Å². The number of H-pyrrole nitrogens is 1. The lowest BCUT2D eigenvalue weighted by Crippen LogP contribution is -2.41. The number of nitrogens with zero attached hydrogens (tertiary/aromatic N) is 4. The van der Waals surface area contributed by atoms with Crippen LogP contribution in [-0.2, 0) is 12.0 Å². The lowest BCUT2D eigenvalue weighted by atomic mass is 9.98. The number of carbonyl (C=O) groups excluding carboxylic acids is 1. The van der Waals surface area contributed by atoms with Gasteiger partial charge in [-0.3, -0.25) is 9.78 Å². The first-order chi connectivity index (χ1) is 14.8. The summed E-state index contributed by atoms with van der Waals surface area (Å²) in [6.07, 6.45) is 2.28. The summed E-state index contributed by atoms with van der Waals surface area (Å²) in [5.74, 6) is -0.231. The smallest absolute Gasteiger partial charge is 0.293 e. The van der Waals surface area contributed by atoms with Gasteiger partial charge in [-0.1, -0.05) is 24.3 Å². The summed E-state index contributed by atoms with van der Waals surface area (Å²) in [4.78, 5) is 31.9. The SMILES string of the molecule is CC(C)(O)c1nc(Br)c(C(=O)N2CCc3[nH]cnc3[C@@H]2c2ccc3ccccc3n2)o1. The topological polar surface area (TPSA) is 108 Å². The Morgan fingerprint density at radius 1 is 1.26 bits per heavy atom. The molecule has 1 aliphatic rings. The normalized spacial score (nSPS) is 16.5. The molecule has 4 aromatic rings. The van der Waals surface area contributed by atoms with Gasteiger partial charge in [-0.05, 0) is 41.9 Å². The molecule has 0 saturated carbocycles. The number of halogens is 1. The van der Waals surface area contributed by atoms with Crippen molar-refractivity contribution in [2.24, 2.45) is 0 Å². The van der Waals surface area contributed by atoms with E-state index in [2.05, 4.69) is 30.9 Å². The molecule has 0 aliphatic carbocycles. The molecule has 3 aromatic heterocycles. The first-order valence-electron chi connectivity index (χ1n) is 9.91. The van der Waals surface area contributed by atoms with E-state index < -0.39 is 11.6 Å². The maximum absolute atomic E-state index is 13.6. The summed E-state index contributed by atoms with van der Waals surface area (Å²) in [5.41, 5.74) is 2.01. The molecule has 158 valence electrons. The Labute approximate surface area is 186 Å². The first kappa shape index (κ1) is 19.9. The summed E-state index contributed by atoms with van der Waals surface area (Å²) in [5, 5.41) is 11.2. The molecule has 0 fully saturated rings. The number of oxazole rings is 1. The number of hydrogen-bond acceptors (Lipinski definition) is 6. The van der Waals surface area contributed by atoms with Gasteiger partial charge in [0.25, 0.3) is 5.91 Å². The molecule has 1 aromatic carbocycles. The predicted molar refractivity (Wildman–Crippen MR) is 116 cm³/mol. The van der Waals surface area contributed by atoms with Gasteiger partial charge in [-0.2, -0.15) is 0 Å². The third-order valence-corrected chi connectivity index (χ3v) is 5.93. The van der Waals surface area contributed by atoms with Crippen LogP contribution in [0.15, 0.2) is 51.7 Å². The molecule has 0 radical (unpaired) electrons. The van der Waals surface area contributed by atoms with Crippen molar-refractivity contribution in [2.75, 3.05) is 6.54 Å². The molecule has 8 nitrogen and oxygen atoms in total. The number of amides is 1. The molecule has 1 aliphatic heterocycles. The maximum Gasteiger partial charge on any atom is 0.293 e. The van der Waals surface area contributed by atoms with Crippen LogP contribution in [0.25, 0.3) is 10.9 Å². The first-order valence-corrected chi connectivity index (χ1v) is 10.7. The fourth-order valence-corrected chi connectivity index (χ4v) is 4.27. The number of nitrogens with one attached hydrogen (secondary N) is 1. The van der Waals surface area contributed by atoms with Crippen LogP contribution in [0.4, 0.5) is 0 Å². The van der Waals surface area contributed by atoms with Gasteiger partial charge in [-0.15, -0.1) is 0 Å². The molecule has 1 atom stereocenters. The highest BCUT2D eigenvalue weighted by Gasteiger charge is 2.38. The number of imidazole rings is 1. The minimum Gasteiger partial charge on any atom is -0.431 e. The number of benzene rings is 1. The van der Waals surface area contributed by atoms with Crippen molar-refractivity contribution in [1.29, 1.82) is 0 Å². The molecule has 1 amide bonds. The van der Waals surface area contributed by atoms with Gasteiger partial charge in [-0.25, -0.2) is 9.97 Å². The number of aromatic amines is 1. The van der Waals surface area contributed by atoms with Gasteiger partial charge in [0.15, 0.2) is 4.60 Å². The van der Waals surface area contributed by atoms with Crippen molar-refractivity contribution >= 4 is 32.7 Å². The molecule has 0 unspecified atom stereocenters. The quantitative estimate of drug-likeness (QED) is 0.461. The molecular formula is C22H20BrN5O3. The van der Waals surface area contributed by atoms with Crippen LogP contribution in [-0.4, -0.2) is 42.4 Å². The molecule has 0 bridgehead atoms. The van der Waals surface area contributed by atoms with Crippen molar-refractivity contribution in [2.45, 2.75) is 31.9 Å². The Hall–Kier alpha value is -3.04. The predicted octanol–water partition coefficient (Wildman–Crippen LogP) is 3.72. The van der Waals surface area contributed by atoms with Crippen LogP contribution in [0, 0.1) is 0 Å². The standard InChI is InChI=1S/C22H20BrN5O3/c1-22(2,30)21-27-19(23)18(31-21)20(29)28-10-9-14-16(25-11-24-14)17(28)15-8-7-12-5-3-4-6-13(12)26-15/h3-8,11,17,30H,9-10H2,1-2H3,(H,24,25)/t17-/m0/s1. The van der Waals surface area contributed by atoms with Crippen LogP contribution in [0.3, 0.4) is 0 Å². The highest BCUT2D eigenvalue weighted by molar-refractivity contribution is 9.10. The largest absolute Gasteiger partial charge is 0.431 e. The number of pyridine rings is 1. The monoisotopic (exact) mass is 481 g/mol. The van der Waals surface area contributed by atoms with E-state index in [0.717, 1.165) is 28.0 Å². The van der Waals surface area contributed by atoms with E-state index in [-0.39, 0.29) is 22.2 Å². The van der Waals surface area contributed by atoms with Crippen molar-refractivity contribution in [3.63, 3.8) is 0 Å². The van der Waals surface area contributed by atoms with E-state index in [0.29, 0.717) is 13.0 Å². The van der Waals surface area contributed by atoms with E-state index in [1.54, 1.807) is 25.1 Å². The molecule has 31 heavy (non-hydrogen) atoms. The van der Waals surface area contributed by atoms with E-state index in [4.69, 9.17) is 9.40 Å². The number of aromatic nitrogens is 4. The third-order valence-electron chi connectivity index (χ3n) is 5.39. The second kappa shape index (κ2) is 7.28. The van der Waals surface area contributed by atoms with E-state index >= 15 is 0 Å². The highest BCUT2D eigenvalue weighted by atomic mass is 79.9. The van der Waals surface area contributed by atoms with Crippen molar-refractivity contribution in [3.8, 4) is 0 Å². The summed E-state index contributed by atoms with van der Waals surface area (Å²) >= 11 is 3.31. The zero-order valence-electron chi connectivity index (χ0n) is 17.0. The zero-order valence-corrected chi connectivity index (χ0v) is 18.5. The average molecular weight is 482 g/mol. The van der Waals surface area contributed by atoms with Crippen LogP contribution < -0.4 is 0 Å². The second-order valence-electron chi connectivity index (χ2n) is 8.04. The van der Waals surface area contributed by atoms with Gasteiger partial charge in [0.1, 0.15) is 11.6 Å². The molecule has 0 saturated heterocycles. The van der Waals surface area contributed by atoms with Crippen LogP contribution in [0.1, 0.15) is 53.4 Å². The summed E-state index contributed by atoms with van der Waals surface area (Å²) in [6, 6.07) is 11.3. The third kappa shape index (κ3) is 3.43. The lowest BCUT2D eigenvalue weighted by molar-refractivity contribution is 0.0440. The number of carbonyl (C=O) groups is 1. The van der Waals surface area contributed by atoms with Gasteiger partial charge in [0.2, 0.25) is 11.7 Å². The van der Waals surface area contributed by atoms with Crippen LogP contribution in [0.5, 0.6) is 0 Å². The van der Waals surface area contributed by atoms with Crippen LogP contribution >= 0.6 is 15.9 Å². The molecule has 0 spiro atoms. The number of rotatable bonds is 3. The number of para-hydroxylation sites is 1. The number of aliphatic hydroxyl groups is 1. The number of fused-ring (bicyclic) bond motifs is 2. The van der Waals surface area contributed by atoms with Crippen molar-refractivity contribution < 1.29 is 14.3 Å². The minimum absolute atomic E-state index is 0.0434. The summed E-state index contributed by atoms with van der Waals surface area (Å²) < 4.78 is 5.93. The zero-order chi connectivity index (χ0) is 21.8. The summed E-state index contributed by atoms with van der Waals surface area (Å²) in [6.45, 7) is 3.56. The van der Waals surface area contributed by atoms with Gasteiger partial charge in [0.05, 0.1) is 23.2 Å². The lowest BCUT2D eigenvalue weighted by Gasteiger charge is -2.34. The van der Waals surface area contributed by atoms with E-state index in [9.17, 15) is 9.90 Å². The molecule has 4 heterocycles. The Morgan fingerprint density at radius 2 is 2.06 bits per heavy atom. The second-order valence-corrected chi connectivity index (χ2v) is 8.80. The maximum atomic E-state index is 13.6. The minimum atomic E-state index is -1.31.